The van der Waals surface area contributed by atoms with Crippen molar-refractivity contribution >= 4 is 0 Å². The lowest BCUT2D eigenvalue weighted by molar-refractivity contribution is 0.273. The van der Waals surface area contributed by atoms with E-state index in [2.05, 4.69) is 33.8 Å². The van der Waals surface area contributed by atoms with E-state index in [-0.39, 0.29) is 6.04 Å². The van der Waals surface area contributed by atoms with Gasteiger partial charge in [-0.25, -0.2) is 0 Å². The Hall–Kier alpha value is -0.760. The highest BCUT2D eigenvalue weighted by atomic mass is 16.5. The van der Waals surface area contributed by atoms with E-state index in [4.69, 9.17) is 10.5 Å². The Morgan fingerprint density at radius 3 is 2.13 bits per heavy atom. The smallest absolute Gasteiger partial charge is 0.119 e. The van der Waals surface area contributed by atoms with Crippen molar-refractivity contribution in [3.8, 4) is 0 Å². The molecule has 0 bridgehead atoms. The van der Waals surface area contributed by atoms with E-state index >= 15 is 0 Å². The van der Waals surface area contributed by atoms with Crippen molar-refractivity contribution in [3.05, 3.63) is 23.2 Å². The first-order valence-electron chi connectivity index (χ1n) is 5.71. The summed E-state index contributed by atoms with van der Waals surface area (Å²) in [4.78, 5) is 0. The van der Waals surface area contributed by atoms with E-state index in [1.54, 1.807) is 0 Å². The fourth-order valence-corrected chi connectivity index (χ4v) is 1.32. The van der Waals surface area contributed by atoms with Crippen LogP contribution in [0, 0.1) is 5.92 Å². The number of hydrogen-bond acceptors (Lipinski definition) is 2. The molecule has 0 fully saturated rings. The van der Waals surface area contributed by atoms with Gasteiger partial charge in [0.1, 0.15) is 5.76 Å². The zero-order valence-corrected chi connectivity index (χ0v) is 10.9. The van der Waals surface area contributed by atoms with Gasteiger partial charge in [0.05, 0.1) is 11.8 Å². The number of nitrogens with two attached hydrogens (primary N) is 1. The van der Waals surface area contributed by atoms with E-state index in [1.807, 2.05) is 13.8 Å². The van der Waals surface area contributed by atoms with Crippen molar-refractivity contribution in [1.29, 1.82) is 0 Å². The summed E-state index contributed by atoms with van der Waals surface area (Å²) in [5, 5.41) is 0. The quantitative estimate of drug-likeness (QED) is 0.705. The van der Waals surface area contributed by atoms with Crippen LogP contribution >= 0.6 is 0 Å². The lowest BCUT2D eigenvalue weighted by atomic mass is 10.0. The van der Waals surface area contributed by atoms with Crippen molar-refractivity contribution < 1.29 is 4.74 Å². The average Bonchev–Trinajstić information content (AvgIpc) is 2.13. The van der Waals surface area contributed by atoms with Gasteiger partial charge in [0.25, 0.3) is 0 Å². The SMILES string of the molecule is CC/C=C(/C)O/C(=C(/C)C(C)C)[C@@H](C)N. The van der Waals surface area contributed by atoms with Crippen molar-refractivity contribution in [2.75, 3.05) is 0 Å². The van der Waals surface area contributed by atoms with E-state index in [1.165, 1.54) is 5.57 Å². The predicted molar refractivity (Wildman–Crippen MR) is 66.3 cm³/mol. The molecule has 0 aliphatic heterocycles. The van der Waals surface area contributed by atoms with Crippen LogP contribution in [0.5, 0.6) is 0 Å². The van der Waals surface area contributed by atoms with E-state index < -0.39 is 0 Å². The highest BCUT2D eigenvalue weighted by Gasteiger charge is 2.12. The van der Waals surface area contributed by atoms with Crippen molar-refractivity contribution in [1.82, 2.24) is 0 Å². The highest BCUT2D eigenvalue weighted by Crippen LogP contribution is 2.20. The summed E-state index contributed by atoms with van der Waals surface area (Å²) >= 11 is 0. The molecule has 0 unspecified atom stereocenters. The van der Waals surface area contributed by atoms with Gasteiger partial charge in [-0.05, 0) is 44.8 Å². The topological polar surface area (TPSA) is 35.2 Å². The molecule has 0 spiro atoms. The molecular weight excluding hydrogens is 186 g/mol. The molecule has 2 nitrogen and oxygen atoms in total. The predicted octanol–water partition coefficient (Wildman–Crippen LogP) is 3.59. The van der Waals surface area contributed by atoms with Gasteiger partial charge in [-0.3, -0.25) is 0 Å². The average molecular weight is 211 g/mol. The Balaban J connectivity index is 4.85. The van der Waals surface area contributed by atoms with Crippen LogP contribution in [-0.4, -0.2) is 6.04 Å². The summed E-state index contributed by atoms with van der Waals surface area (Å²) in [6.45, 7) is 12.4. The van der Waals surface area contributed by atoms with Gasteiger partial charge in [-0.2, -0.15) is 0 Å². The number of allylic oxidation sites excluding steroid dienone is 3. The molecule has 2 N–H and O–H groups in total. The molecule has 15 heavy (non-hydrogen) atoms. The Bertz CT molecular complexity index is 249. The van der Waals surface area contributed by atoms with Gasteiger partial charge in [0.15, 0.2) is 0 Å². The monoisotopic (exact) mass is 211 g/mol. The molecular formula is C13H25NO. The maximum atomic E-state index is 5.91. The van der Waals surface area contributed by atoms with Gasteiger partial charge >= 0.3 is 0 Å². The molecule has 0 aliphatic carbocycles. The molecule has 0 aliphatic rings. The third-order valence-corrected chi connectivity index (χ3v) is 2.43. The van der Waals surface area contributed by atoms with Crippen molar-refractivity contribution in [2.24, 2.45) is 11.7 Å². The van der Waals surface area contributed by atoms with Crippen molar-refractivity contribution in [2.45, 2.75) is 54.0 Å². The van der Waals surface area contributed by atoms with Crippen LogP contribution < -0.4 is 5.73 Å². The summed E-state index contributed by atoms with van der Waals surface area (Å²) in [6, 6.07) is -0.0485. The molecule has 0 rings (SSSR count). The van der Waals surface area contributed by atoms with Crippen molar-refractivity contribution in [3.63, 3.8) is 0 Å². The third-order valence-electron chi connectivity index (χ3n) is 2.43. The van der Waals surface area contributed by atoms with Crippen LogP contribution in [0.4, 0.5) is 0 Å². The van der Waals surface area contributed by atoms with Gasteiger partial charge in [0.2, 0.25) is 0 Å². The zero-order chi connectivity index (χ0) is 12.0. The third kappa shape index (κ3) is 5.03. The summed E-state index contributed by atoms with van der Waals surface area (Å²) < 4.78 is 5.79. The molecule has 0 amide bonds. The van der Waals surface area contributed by atoms with Crippen LogP contribution in [-0.2, 0) is 4.74 Å². The molecule has 0 radical (unpaired) electrons. The summed E-state index contributed by atoms with van der Waals surface area (Å²) in [6.07, 6.45) is 3.05. The van der Waals surface area contributed by atoms with Gasteiger partial charge in [-0.1, -0.05) is 20.8 Å². The molecule has 0 saturated heterocycles. The molecule has 0 aromatic carbocycles. The number of rotatable bonds is 5. The molecule has 0 saturated carbocycles. The van der Waals surface area contributed by atoms with Gasteiger partial charge < -0.3 is 10.5 Å². The second-order valence-corrected chi connectivity index (χ2v) is 4.32. The summed E-state index contributed by atoms with van der Waals surface area (Å²) in [5.41, 5.74) is 7.14. The second-order valence-electron chi connectivity index (χ2n) is 4.32. The number of ether oxygens (including phenoxy) is 1. The van der Waals surface area contributed by atoms with Gasteiger partial charge in [0, 0.05) is 0 Å². The Kier molecular flexibility index (Phi) is 6.34. The first kappa shape index (κ1) is 14.2. The lowest BCUT2D eigenvalue weighted by Crippen LogP contribution is -2.22. The first-order chi connectivity index (χ1) is 6.90. The minimum Gasteiger partial charge on any atom is -0.465 e. The molecule has 0 aromatic rings. The number of hydrogen-bond donors (Lipinski definition) is 1. The fraction of sp³-hybridized carbons (Fsp3) is 0.692. The normalized spacial score (nSPS) is 16.4. The lowest BCUT2D eigenvalue weighted by Gasteiger charge is -2.19. The van der Waals surface area contributed by atoms with E-state index in [9.17, 15) is 0 Å². The minimum atomic E-state index is -0.0485. The minimum absolute atomic E-state index is 0.0485. The molecule has 1 atom stereocenters. The molecule has 0 aromatic heterocycles. The molecule has 88 valence electrons. The Morgan fingerprint density at radius 2 is 1.80 bits per heavy atom. The van der Waals surface area contributed by atoms with Gasteiger partial charge in [-0.15, -0.1) is 0 Å². The van der Waals surface area contributed by atoms with Crippen LogP contribution in [0.1, 0.15) is 48.0 Å². The van der Waals surface area contributed by atoms with E-state index in [0.717, 1.165) is 17.9 Å². The highest BCUT2D eigenvalue weighted by molar-refractivity contribution is 5.15. The largest absolute Gasteiger partial charge is 0.465 e. The second kappa shape index (κ2) is 6.67. The first-order valence-corrected chi connectivity index (χ1v) is 5.71. The fourth-order valence-electron chi connectivity index (χ4n) is 1.32. The van der Waals surface area contributed by atoms with Crippen LogP contribution in [0.2, 0.25) is 0 Å². The maximum absolute atomic E-state index is 5.91. The van der Waals surface area contributed by atoms with E-state index in [0.29, 0.717) is 5.92 Å². The summed E-state index contributed by atoms with van der Waals surface area (Å²) in [5.74, 6) is 2.32. The Labute approximate surface area is 94.2 Å². The Morgan fingerprint density at radius 1 is 1.27 bits per heavy atom. The zero-order valence-electron chi connectivity index (χ0n) is 10.9. The van der Waals surface area contributed by atoms with Crippen LogP contribution in [0.15, 0.2) is 23.2 Å². The molecule has 2 heteroatoms. The molecule has 0 heterocycles. The van der Waals surface area contributed by atoms with Crippen LogP contribution in [0.25, 0.3) is 0 Å². The summed E-state index contributed by atoms with van der Waals surface area (Å²) in [7, 11) is 0. The van der Waals surface area contributed by atoms with Crippen LogP contribution in [0.3, 0.4) is 0 Å². The standard InChI is InChI=1S/C13H25NO/c1-7-8-10(4)15-13(12(6)14)11(5)9(2)3/h8-9,12H,7,14H2,1-6H3/b10-8-,13-11-/t12-/m1/s1. The maximum Gasteiger partial charge on any atom is 0.119 e.